The van der Waals surface area contributed by atoms with Crippen LogP contribution in [0.25, 0.3) is 10.8 Å². The Morgan fingerprint density at radius 3 is 2.16 bits per heavy atom. The molecule has 0 unspecified atom stereocenters. The minimum absolute atomic E-state index is 0.0632. The first-order valence-electron chi connectivity index (χ1n) is 11.6. The number of carbonyl (C=O) groups excluding carboxylic acids is 2. The zero-order valence-electron chi connectivity index (χ0n) is 19.4. The van der Waals surface area contributed by atoms with Crippen molar-refractivity contribution in [1.82, 2.24) is 4.90 Å². The number of fused-ring (bicyclic) bond motifs is 1. The Kier molecular flexibility index (Phi) is 8.43. The van der Waals surface area contributed by atoms with E-state index in [1.165, 1.54) is 0 Å². The van der Waals surface area contributed by atoms with Crippen LogP contribution in [0.3, 0.4) is 0 Å². The number of ether oxygens (including phenoxy) is 1. The lowest BCUT2D eigenvalue weighted by Gasteiger charge is -2.23. The summed E-state index contributed by atoms with van der Waals surface area (Å²) in [5, 5.41) is 1.89. The van der Waals surface area contributed by atoms with Gasteiger partial charge in [-0.1, -0.05) is 75.2 Å². The van der Waals surface area contributed by atoms with Gasteiger partial charge in [0.25, 0.3) is 0 Å². The molecule has 0 atom stereocenters. The normalized spacial score (nSPS) is 10.8. The average molecular weight is 432 g/mol. The molecule has 4 nitrogen and oxygen atoms in total. The van der Waals surface area contributed by atoms with E-state index in [0.29, 0.717) is 16.9 Å². The number of amides is 1. The van der Waals surface area contributed by atoms with Gasteiger partial charge in [0.2, 0.25) is 5.91 Å². The van der Waals surface area contributed by atoms with Gasteiger partial charge in [-0.2, -0.15) is 0 Å². The topological polar surface area (TPSA) is 46.6 Å². The number of ketones is 1. The Morgan fingerprint density at radius 1 is 0.875 bits per heavy atom. The van der Waals surface area contributed by atoms with Gasteiger partial charge >= 0.3 is 0 Å². The van der Waals surface area contributed by atoms with Gasteiger partial charge in [-0.05, 0) is 41.3 Å². The molecular weight excluding hydrogens is 398 g/mol. The van der Waals surface area contributed by atoms with Crippen LogP contribution >= 0.6 is 0 Å². The van der Waals surface area contributed by atoms with Gasteiger partial charge in [-0.25, -0.2) is 0 Å². The quantitative estimate of drug-likeness (QED) is 0.347. The first-order chi connectivity index (χ1) is 15.6. The van der Waals surface area contributed by atoms with Crippen LogP contribution in [0.2, 0.25) is 0 Å². The van der Waals surface area contributed by atoms with Gasteiger partial charge in [0.15, 0.2) is 5.78 Å². The summed E-state index contributed by atoms with van der Waals surface area (Å²) in [6.07, 6.45) is 4.24. The van der Waals surface area contributed by atoms with Crippen molar-refractivity contribution in [1.29, 1.82) is 0 Å². The summed E-state index contributed by atoms with van der Waals surface area (Å²) in [6, 6.07) is 18.9. The Morgan fingerprint density at radius 2 is 1.53 bits per heavy atom. The molecule has 0 bridgehead atoms. The molecule has 168 valence electrons. The number of hydrogen-bond acceptors (Lipinski definition) is 3. The predicted molar refractivity (Wildman–Crippen MR) is 130 cm³/mol. The SMILES string of the molecule is CCCCN(CCCC)C(=O)Cc1c(C(=O)c2ccccc2)ccc2ccc(OC)cc12. The van der Waals surface area contributed by atoms with Crippen LogP contribution in [-0.2, 0) is 11.2 Å². The van der Waals surface area contributed by atoms with E-state index in [-0.39, 0.29) is 18.1 Å². The predicted octanol–water partition coefficient (Wildman–Crippen LogP) is 6.05. The van der Waals surface area contributed by atoms with E-state index in [1.54, 1.807) is 7.11 Å². The third-order valence-corrected chi connectivity index (χ3v) is 5.86. The second-order valence-electron chi connectivity index (χ2n) is 8.14. The number of unbranched alkanes of at least 4 members (excludes halogenated alkanes) is 2. The molecule has 0 fully saturated rings. The zero-order chi connectivity index (χ0) is 22.9. The van der Waals surface area contributed by atoms with E-state index >= 15 is 0 Å². The maximum atomic E-state index is 13.4. The fraction of sp³-hybridized carbons (Fsp3) is 0.357. The minimum atomic E-state index is -0.0632. The standard InChI is InChI=1S/C28H33NO3/c1-4-6-17-29(18-7-5-2)27(30)20-26-24(28(31)22-11-9-8-10-12-22)16-14-21-13-15-23(32-3)19-25(21)26/h8-16,19H,4-7,17-18,20H2,1-3H3. The maximum absolute atomic E-state index is 13.4. The largest absolute Gasteiger partial charge is 0.497 e. The molecule has 4 heteroatoms. The van der Waals surface area contributed by atoms with Gasteiger partial charge in [0.05, 0.1) is 13.5 Å². The van der Waals surface area contributed by atoms with Crippen molar-refractivity contribution >= 4 is 22.5 Å². The summed E-state index contributed by atoms with van der Waals surface area (Å²) in [4.78, 5) is 28.8. The molecule has 3 aromatic carbocycles. The summed E-state index contributed by atoms with van der Waals surface area (Å²) in [7, 11) is 1.63. The Hall–Kier alpha value is -3.14. The van der Waals surface area contributed by atoms with Crippen molar-refractivity contribution in [3.8, 4) is 5.75 Å². The third kappa shape index (κ3) is 5.56. The van der Waals surface area contributed by atoms with Crippen LogP contribution in [-0.4, -0.2) is 36.8 Å². The molecule has 0 heterocycles. The molecule has 0 spiro atoms. The summed E-state index contributed by atoms with van der Waals surface area (Å²) < 4.78 is 5.44. The van der Waals surface area contributed by atoms with Gasteiger partial charge in [-0.15, -0.1) is 0 Å². The molecule has 0 radical (unpaired) electrons. The summed E-state index contributed by atoms with van der Waals surface area (Å²) in [5.41, 5.74) is 1.98. The smallest absolute Gasteiger partial charge is 0.227 e. The van der Waals surface area contributed by atoms with Gasteiger partial charge < -0.3 is 9.64 Å². The molecule has 0 aliphatic carbocycles. The fourth-order valence-electron chi connectivity index (χ4n) is 3.96. The van der Waals surface area contributed by atoms with Crippen LogP contribution in [0.1, 0.15) is 61.0 Å². The molecule has 32 heavy (non-hydrogen) atoms. The number of benzene rings is 3. The van der Waals surface area contributed by atoms with E-state index in [2.05, 4.69) is 13.8 Å². The van der Waals surface area contributed by atoms with Crippen LogP contribution in [0.4, 0.5) is 0 Å². The Bertz CT molecular complexity index is 1050. The monoisotopic (exact) mass is 431 g/mol. The highest BCUT2D eigenvalue weighted by atomic mass is 16.5. The van der Waals surface area contributed by atoms with Crippen LogP contribution in [0.15, 0.2) is 60.7 Å². The summed E-state index contributed by atoms with van der Waals surface area (Å²) in [5.74, 6) is 0.723. The maximum Gasteiger partial charge on any atom is 0.227 e. The third-order valence-electron chi connectivity index (χ3n) is 5.86. The highest BCUT2D eigenvalue weighted by molar-refractivity contribution is 6.13. The number of hydrogen-bond donors (Lipinski definition) is 0. The molecule has 0 aliphatic rings. The highest BCUT2D eigenvalue weighted by Crippen LogP contribution is 2.29. The lowest BCUT2D eigenvalue weighted by atomic mass is 9.91. The van der Waals surface area contributed by atoms with E-state index in [0.717, 1.165) is 55.1 Å². The van der Waals surface area contributed by atoms with Crippen molar-refractivity contribution < 1.29 is 14.3 Å². The van der Waals surface area contributed by atoms with E-state index in [1.807, 2.05) is 65.6 Å². The van der Waals surface area contributed by atoms with Crippen LogP contribution in [0.5, 0.6) is 5.75 Å². The lowest BCUT2D eigenvalue weighted by Crippen LogP contribution is -2.34. The molecule has 0 N–H and O–H groups in total. The molecule has 0 saturated carbocycles. The molecule has 0 aromatic heterocycles. The second kappa shape index (κ2) is 11.5. The summed E-state index contributed by atoms with van der Waals surface area (Å²) in [6.45, 7) is 5.78. The van der Waals surface area contributed by atoms with Gasteiger partial charge in [-0.3, -0.25) is 9.59 Å². The molecule has 3 aromatic rings. The number of carbonyl (C=O) groups is 2. The van der Waals surface area contributed by atoms with Crippen molar-refractivity contribution in [2.45, 2.75) is 46.0 Å². The number of nitrogens with zero attached hydrogens (tertiary/aromatic N) is 1. The van der Waals surface area contributed by atoms with E-state index in [9.17, 15) is 9.59 Å². The van der Waals surface area contributed by atoms with Gasteiger partial charge in [0, 0.05) is 24.2 Å². The van der Waals surface area contributed by atoms with E-state index in [4.69, 9.17) is 4.74 Å². The lowest BCUT2D eigenvalue weighted by molar-refractivity contribution is -0.130. The first kappa shape index (κ1) is 23.5. The summed E-state index contributed by atoms with van der Waals surface area (Å²) >= 11 is 0. The fourth-order valence-corrected chi connectivity index (χ4v) is 3.96. The first-order valence-corrected chi connectivity index (χ1v) is 11.6. The Balaban J connectivity index is 2.06. The van der Waals surface area contributed by atoms with Crippen LogP contribution < -0.4 is 4.74 Å². The molecule has 0 aliphatic heterocycles. The van der Waals surface area contributed by atoms with Crippen molar-refractivity contribution in [2.75, 3.05) is 20.2 Å². The van der Waals surface area contributed by atoms with E-state index < -0.39 is 0 Å². The molecule has 1 amide bonds. The second-order valence-corrected chi connectivity index (χ2v) is 8.14. The minimum Gasteiger partial charge on any atom is -0.497 e. The van der Waals surface area contributed by atoms with Crippen LogP contribution in [0, 0.1) is 0 Å². The van der Waals surface area contributed by atoms with Crippen molar-refractivity contribution in [3.63, 3.8) is 0 Å². The number of methoxy groups -OCH3 is 1. The average Bonchev–Trinajstić information content (AvgIpc) is 2.84. The van der Waals surface area contributed by atoms with Gasteiger partial charge in [0.1, 0.15) is 5.75 Å². The molecule has 0 saturated heterocycles. The number of rotatable bonds is 11. The zero-order valence-corrected chi connectivity index (χ0v) is 19.4. The van der Waals surface area contributed by atoms with Crippen molar-refractivity contribution in [3.05, 3.63) is 77.4 Å². The van der Waals surface area contributed by atoms with Crippen molar-refractivity contribution in [2.24, 2.45) is 0 Å². The highest BCUT2D eigenvalue weighted by Gasteiger charge is 2.21. The molecule has 3 rings (SSSR count). The Labute approximate surface area is 191 Å². The molecular formula is C28H33NO3.